The molecule has 3 N–H and O–H groups in total. The standard InChI is InChI=1S/C15H22N2O3/c1-2-12(13-7-4-3-5-8-13)11-14(18)20-10-6-9-17-15(16)19/h3-5,7-8,12H,2,6,9-11H2,1H3,(H3,16,17,19)/t12-/m0/s1. The molecule has 0 aliphatic rings. The maximum Gasteiger partial charge on any atom is 0.312 e. The normalized spacial score (nSPS) is 11.7. The summed E-state index contributed by atoms with van der Waals surface area (Å²) in [5, 5.41) is 2.44. The monoisotopic (exact) mass is 278 g/mol. The number of hydrogen-bond donors (Lipinski definition) is 2. The highest BCUT2D eigenvalue weighted by Crippen LogP contribution is 2.23. The molecule has 0 bridgehead atoms. The molecule has 5 nitrogen and oxygen atoms in total. The maximum atomic E-state index is 11.7. The number of nitrogens with two attached hydrogens (primary N) is 1. The lowest BCUT2D eigenvalue weighted by Crippen LogP contribution is -2.30. The van der Waals surface area contributed by atoms with Crippen LogP contribution in [0.1, 0.15) is 37.7 Å². The number of carbonyl (C=O) groups excluding carboxylic acids is 2. The molecule has 0 radical (unpaired) electrons. The fourth-order valence-corrected chi connectivity index (χ4v) is 1.95. The van der Waals surface area contributed by atoms with E-state index in [2.05, 4.69) is 12.2 Å². The molecule has 1 aromatic carbocycles. The Labute approximate surface area is 119 Å². The van der Waals surface area contributed by atoms with Crippen LogP contribution < -0.4 is 11.1 Å². The Bertz CT molecular complexity index is 420. The summed E-state index contributed by atoms with van der Waals surface area (Å²) in [4.78, 5) is 22.2. The van der Waals surface area contributed by atoms with Gasteiger partial charge in [-0.05, 0) is 24.3 Å². The molecule has 1 aromatic rings. The van der Waals surface area contributed by atoms with Crippen LogP contribution in [0.2, 0.25) is 0 Å². The predicted molar refractivity (Wildman–Crippen MR) is 77.3 cm³/mol. The topological polar surface area (TPSA) is 81.4 Å². The lowest BCUT2D eigenvalue weighted by atomic mass is 9.93. The summed E-state index contributed by atoms with van der Waals surface area (Å²) in [6.45, 7) is 2.77. The number of esters is 1. The molecule has 0 unspecified atom stereocenters. The Morgan fingerprint density at radius 3 is 2.60 bits per heavy atom. The van der Waals surface area contributed by atoms with Gasteiger partial charge in [-0.2, -0.15) is 0 Å². The van der Waals surface area contributed by atoms with Gasteiger partial charge in [0.25, 0.3) is 0 Å². The summed E-state index contributed by atoms with van der Waals surface area (Å²) >= 11 is 0. The molecule has 0 saturated carbocycles. The Morgan fingerprint density at radius 2 is 2.00 bits per heavy atom. The minimum absolute atomic E-state index is 0.187. The van der Waals surface area contributed by atoms with Crippen LogP contribution in [0.5, 0.6) is 0 Å². The fourth-order valence-electron chi connectivity index (χ4n) is 1.95. The van der Waals surface area contributed by atoms with Gasteiger partial charge in [0.1, 0.15) is 0 Å². The van der Waals surface area contributed by atoms with Crippen LogP contribution in [0.3, 0.4) is 0 Å². The van der Waals surface area contributed by atoms with Crippen molar-refractivity contribution in [3.63, 3.8) is 0 Å². The highest BCUT2D eigenvalue weighted by atomic mass is 16.5. The van der Waals surface area contributed by atoms with E-state index in [0.29, 0.717) is 26.0 Å². The molecule has 0 saturated heterocycles. The number of hydrogen-bond acceptors (Lipinski definition) is 3. The summed E-state index contributed by atoms with van der Waals surface area (Å²) < 4.78 is 5.15. The Hall–Kier alpha value is -2.04. The van der Waals surface area contributed by atoms with Gasteiger partial charge in [-0.1, -0.05) is 37.3 Å². The van der Waals surface area contributed by atoms with Gasteiger partial charge in [0, 0.05) is 6.54 Å². The lowest BCUT2D eigenvalue weighted by molar-refractivity contribution is -0.144. The Kier molecular flexibility index (Phi) is 7.17. The van der Waals surface area contributed by atoms with E-state index in [9.17, 15) is 9.59 Å². The largest absolute Gasteiger partial charge is 0.466 e. The van der Waals surface area contributed by atoms with Crippen molar-refractivity contribution in [1.82, 2.24) is 5.32 Å². The zero-order valence-electron chi connectivity index (χ0n) is 11.8. The number of ether oxygens (including phenoxy) is 1. The number of carbonyl (C=O) groups is 2. The van der Waals surface area contributed by atoms with Gasteiger partial charge in [-0.3, -0.25) is 4.79 Å². The first-order chi connectivity index (χ1) is 9.63. The fraction of sp³-hybridized carbons (Fsp3) is 0.467. The number of urea groups is 1. The third-order valence-electron chi connectivity index (χ3n) is 3.06. The minimum Gasteiger partial charge on any atom is -0.466 e. The SMILES string of the molecule is CC[C@@H](CC(=O)OCCCNC(N)=O)c1ccccc1. The average Bonchev–Trinajstić information content (AvgIpc) is 2.45. The molecule has 0 aliphatic carbocycles. The van der Waals surface area contributed by atoms with Crippen LogP contribution >= 0.6 is 0 Å². The second kappa shape index (κ2) is 8.96. The summed E-state index contributed by atoms with van der Waals surface area (Å²) in [6, 6.07) is 9.39. The van der Waals surface area contributed by atoms with Crippen molar-refractivity contribution in [2.24, 2.45) is 5.73 Å². The predicted octanol–water partition coefficient (Wildman–Crippen LogP) is 2.17. The molecule has 0 spiro atoms. The molecule has 5 heteroatoms. The van der Waals surface area contributed by atoms with Crippen LogP contribution in [0.4, 0.5) is 4.79 Å². The zero-order valence-corrected chi connectivity index (χ0v) is 11.8. The zero-order chi connectivity index (χ0) is 14.8. The maximum absolute atomic E-state index is 11.7. The van der Waals surface area contributed by atoms with Gasteiger partial charge in [0.2, 0.25) is 0 Å². The van der Waals surface area contributed by atoms with Crippen LogP contribution in [-0.4, -0.2) is 25.2 Å². The van der Waals surface area contributed by atoms with Gasteiger partial charge in [-0.25, -0.2) is 4.79 Å². The molecule has 0 heterocycles. The van der Waals surface area contributed by atoms with Crippen molar-refractivity contribution in [2.45, 2.75) is 32.1 Å². The first-order valence-corrected chi connectivity index (χ1v) is 6.87. The summed E-state index contributed by atoms with van der Waals surface area (Å²) in [5.41, 5.74) is 6.08. The molecule has 20 heavy (non-hydrogen) atoms. The van der Waals surface area contributed by atoms with Gasteiger partial charge in [0.15, 0.2) is 0 Å². The molecule has 110 valence electrons. The molecule has 0 aliphatic heterocycles. The van der Waals surface area contributed by atoms with E-state index in [1.54, 1.807) is 0 Å². The third-order valence-corrected chi connectivity index (χ3v) is 3.06. The van der Waals surface area contributed by atoms with Crippen molar-refractivity contribution >= 4 is 12.0 Å². The number of benzene rings is 1. The smallest absolute Gasteiger partial charge is 0.312 e. The van der Waals surface area contributed by atoms with Crippen LogP contribution in [0.15, 0.2) is 30.3 Å². The number of primary amides is 1. The van der Waals surface area contributed by atoms with Crippen molar-refractivity contribution in [3.8, 4) is 0 Å². The first kappa shape index (κ1) is 16.0. The number of rotatable bonds is 8. The van der Waals surface area contributed by atoms with Crippen molar-refractivity contribution in [3.05, 3.63) is 35.9 Å². The van der Waals surface area contributed by atoms with E-state index < -0.39 is 6.03 Å². The molecule has 0 aromatic heterocycles. The average molecular weight is 278 g/mol. The lowest BCUT2D eigenvalue weighted by Gasteiger charge is -2.14. The van der Waals surface area contributed by atoms with Gasteiger partial charge >= 0.3 is 12.0 Å². The number of amides is 2. The van der Waals surface area contributed by atoms with Crippen molar-refractivity contribution in [1.29, 1.82) is 0 Å². The van der Waals surface area contributed by atoms with E-state index in [1.807, 2.05) is 30.3 Å². The molecular formula is C15H22N2O3. The highest BCUT2D eigenvalue weighted by molar-refractivity contribution is 5.71. The van der Waals surface area contributed by atoms with Gasteiger partial charge in [-0.15, -0.1) is 0 Å². The number of nitrogens with one attached hydrogen (secondary N) is 1. The van der Waals surface area contributed by atoms with Crippen molar-refractivity contribution in [2.75, 3.05) is 13.2 Å². The molecule has 2 amide bonds. The van der Waals surface area contributed by atoms with Crippen LogP contribution in [0.25, 0.3) is 0 Å². The Balaban J connectivity index is 2.28. The second-order valence-corrected chi connectivity index (χ2v) is 4.59. The molecule has 1 rings (SSSR count). The second-order valence-electron chi connectivity index (χ2n) is 4.59. The summed E-state index contributed by atoms with van der Waals surface area (Å²) in [7, 11) is 0. The van der Waals surface area contributed by atoms with Crippen LogP contribution in [0, 0.1) is 0 Å². The summed E-state index contributed by atoms with van der Waals surface area (Å²) in [6.07, 6.45) is 1.84. The highest BCUT2D eigenvalue weighted by Gasteiger charge is 2.14. The van der Waals surface area contributed by atoms with Crippen LogP contribution in [-0.2, 0) is 9.53 Å². The molecule has 0 fully saturated rings. The molecular weight excluding hydrogens is 256 g/mol. The quantitative estimate of drug-likeness (QED) is 0.565. The van der Waals surface area contributed by atoms with E-state index in [0.717, 1.165) is 12.0 Å². The van der Waals surface area contributed by atoms with E-state index in [4.69, 9.17) is 10.5 Å². The van der Waals surface area contributed by atoms with E-state index in [1.165, 1.54) is 0 Å². The van der Waals surface area contributed by atoms with Crippen molar-refractivity contribution < 1.29 is 14.3 Å². The van der Waals surface area contributed by atoms with Gasteiger partial charge < -0.3 is 15.8 Å². The molecule has 1 atom stereocenters. The summed E-state index contributed by atoms with van der Waals surface area (Å²) in [5.74, 6) is -0.0211. The third kappa shape index (κ3) is 6.22. The van der Waals surface area contributed by atoms with E-state index >= 15 is 0 Å². The van der Waals surface area contributed by atoms with Gasteiger partial charge in [0.05, 0.1) is 13.0 Å². The first-order valence-electron chi connectivity index (χ1n) is 6.87. The van der Waals surface area contributed by atoms with E-state index in [-0.39, 0.29) is 11.9 Å². The minimum atomic E-state index is -0.563. The Morgan fingerprint density at radius 1 is 1.30 bits per heavy atom.